The van der Waals surface area contributed by atoms with Crippen LogP contribution in [0.4, 0.5) is 4.39 Å². The molecular weight excluding hydrogens is 499 g/mol. The van der Waals surface area contributed by atoms with Crippen LogP contribution in [0.25, 0.3) is 22.4 Å². The fourth-order valence-electron chi connectivity index (χ4n) is 5.49. The van der Waals surface area contributed by atoms with E-state index in [1.165, 1.54) is 12.1 Å². The second-order valence-corrected chi connectivity index (χ2v) is 11.7. The van der Waals surface area contributed by atoms with Gasteiger partial charge < -0.3 is 9.88 Å². The van der Waals surface area contributed by atoms with E-state index >= 15 is 0 Å². The lowest BCUT2D eigenvalue weighted by Gasteiger charge is -2.32. The number of nitrogens with one attached hydrogen (secondary N) is 1. The fourth-order valence-corrected chi connectivity index (χ4v) is 5.49. The first-order chi connectivity index (χ1) is 18.5. The summed E-state index contributed by atoms with van der Waals surface area (Å²) < 4.78 is 15.3. The summed E-state index contributed by atoms with van der Waals surface area (Å²) in [5.41, 5.74) is 1.99. The summed E-state index contributed by atoms with van der Waals surface area (Å²) in [6.07, 6.45) is 5.09. The van der Waals surface area contributed by atoms with E-state index in [4.69, 9.17) is 4.98 Å². The van der Waals surface area contributed by atoms with E-state index in [2.05, 4.69) is 5.32 Å². The second kappa shape index (κ2) is 11.7. The molecule has 39 heavy (non-hydrogen) atoms. The quantitative estimate of drug-likeness (QED) is 0.162. The molecule has 2 aromatic carbocycles. The van der Waals surface area contributed by atoms with Gasteiger partial charge in [0, 0.05) is 18.2 Å². The summed E-state index contributed by atoms with van der Waals surface area (Å²) in [7, 11) is 1.86. The van der Waals surface area contributed by atoms with Crippen LogP contribution >= 0.6 is 0 Å². The molecule has 0 unspecified atom stereocenters. The Morgan fingerprint density at radius 3 is 2.46 bits per heavy atom. The number of aromatic nitrogens is 2. The molecule has 8 nitrogen and oxygen atoms in total. The Morgan fingerprint density at radius 1 is 1.18 bits per heavy atom. The summed E-state index contributed by atoms with van der Waals surface area (Å²) in [5.74, 6) is -0.558. The molecule has 208 valence electrons. The van der Waals surface area contributed by atoms with Gasteiger partial charge >= 0.3 is 0 Å². The molecule has 1 saturated carbocycles. The maximum atomic E-state index is 13.8. The predicted octanol–water partition coefficient (Wildman–Crippen LogP) is 5.14. The van der Waals surface area contributed by atoms with Crippen molar-refractivity contribution < 1.29 is 24.0 Å². The van der Waals surface area contributed by atoms with E-state index in [1.807, 2.05) is 38.5 Å². The first kappa shape index (κ1) is 28.4. The summed E-state index contributed by atoms with van der Waals surface area (Å²) >= 11 is 0. The number of halogens is 1. The molecule has 9 heteroatoms. The third-order valence-electron chi connectivity index (χ3n) is 7.68. The minimum atomic E-state index is -0.836. The van der Waals surface area contributed by atoms with Gasteiger partial charge in [-0.2, -0.15) is 0 Å². The maximum Gasteiger partial charge on any atom is 0.233 e. The van der Waals surface area contributed by atoms with Gasteiger partial charge in [0.15, 0.2) is 5.78 Å². The van der Waals surface area contributed by atoms with Crippen molar-refractivity contribution in [3.8, 4) is 11.4 Å². The van der Waals surface area contributed by atoms with Crippen molar-refractivity contribution in [2.24, 2.45) is 24.3 Å². The molecule has 2 atom stereocenters. The van der Waals surface area contributed by atoms with Gasteiger partial charge in [0.25, 0.3) is 0 Å². The van der Waals surface area contributed by atoms with Crippen molar-refractivity contribution in [2.75, 3.05) is 6.54 Å². The van der Waals surface area contributed by atoms with E-state index in [-0.39, 0.29) is 24.1 Å². The van der Waals surface area contributed by atoms with E-state index in [0.717, 1.165) is 36.8 Å². The maximum absolute atomic E-state index is 13.8. The number of hydrogen-bond acceptors (Lipinski definition) is 5. The van der Waals surface area contributed by atoms with Gasteiger partial charge in [0.2, 0.25) is 12.3 Å². The van der Waals surface area contributed by atoms with Gasteiger partial charge in [-0.1, -0.05) is 46.5 Å². The van der Waals surface area contributed by atoms with Crippen molar-refractivity contribution in [1.82, 2.24) is 19.9 Å². The molecule has 2 amide bonds. The zero-order chi connectivity index (χ0) is 28.3. The number of ketones is 1. The van der Waals surface area contributed by atoms with Gasteiger partial charge in [0.1, 0.15) is 11.6 Å². The number of nitrogens with zero attached hydrogens (tertiary/aromatic N) is 3. The van der Waals surface area contributed by atoms with Crippen LogP contribution in [-0.2, 0) is 16.6 Å². The number of Topliss-reactive ketones (excluding diaryl/α,β-unsaturated/α-hetero) is 1. The topological polar surface area (TPSA) is 105 Å². The van der Waals surface area contributed by atoms with Gasteiger partial charge in [-0.15, -0.1) is 0 Å². The normalized spacial score (nSPS) is 15.7. The molecule has 0 saturated heterocycles. The predicted molar refractivity (Wildman–Crippen MR) is 146 cm³/mol. The van der Waals surface area contributed by atoms with Gasteiger partial charge in [-0.25, -0.2) is 14.4 Å². The number of fused-ring (bicyclic) bond motifs is 1. The lowest BCUT2D eigenvalue weighted by atomic mass is 9.81. The number of amides is 2. The molecule has 1 aliphatic rings. The van der Waals surface area contributed by atoms with Crippen molar-refractivity contribution in [3.63, 3.8) is 0 Å². The molecule has 1 heterocycles. The number of hydroxylamine groups is 2. The van der Waals surface area contributed by atoms with Crippen LogP contribution in [0, 0.1) is 23.1 Å². The number of aryl methyl sites for hydroxylation is 1. The molecule has 2 N–H and O–H groups in total. The van der Waals surface area contributed by atoms with Crippen LogP contribution in [0.1, 0.15) is 63.2 Å². The zero-order valence-corrected chi connectivity index (χ0v) is 23.0. The van der Waals surface area contributed by atoms with E-state index in [0.29, 0.717) is 40.7 Å². The van der Waals surface area contributed by atoms with E-state index < -0.39 is 17.4 Å². The highest BCUT2D eigenvalue weighted by Crippen LogP contribution is 2.32. The number of benzene rings is 2. The summed E-state index contributed by atoms with van der Waals surface area (Å²) in [4.78, 5) is 43.0. The average Bonchev–Trinajstić information content (AvgIpc) is 3.53. The average molecular weight is 537 g/mol. The second-order valence-electron chi connectivity index (χ2n) is 11.7. The minimum Gasteiger partial charge on any atom is -0.345 e. The molecule has 0 aliphatic heterocycles. The third-order valence-corrected chi connectivity index (χ3v) is 7.68. The van der Waals surface area contributed by atoms with Crippen LogP contribution in [0.15, 0.2) is 42.5 Å². The van der Waals surface area contributed by atoms with E-state index in [1.54, 1.807) is 24.3 Å². The molecule has 0 spiro atoms. The van der Waals surface area contributed by atoms with Crippen LogP contribution in [-0.4, -0.2) is 50.5 Å². The molecule has 1 aliphatic carbocycles. The zero-order valence-electron chi connectivity index (χ0n) is 23.0. The Balaban J connectivity index is 1.60. The lowest BCUT2D eigenvalue weighted by Crippen LogP contribution is -2.52. The van der Waals surface area contributed by atoms with E-state index in [9.17, 15) is 24.0 Å². The summed E-state index contributed by atoms with van der Waals surface area (Å²) in [5, 5.41) is 13.3. The first-order valence-electron chi connectivity index (χ1n) is 13.5. The first-order valence-corrected chi connectivity index (χ1v) is 13.5. The SMILES string of the molecule is Cn1c(-c2ccc(F)cc2)nc2cc(C(=O)[C@@H](NC(=O)[C@H](CC3CCCC3)CN(O)C=O)C(C)(C)C)ccc21. The number of imidazole rings is 1. The Kier molecular flexibility index (Phi) is 8.49. The van der Waals surface area contributed by atoms with Crippen molar-refractivity contribution >= 4 is 29.1 Å². The monoisotopic (exact) mass is 536 g/mol. The molecule has 1 fully saturated rings. The highest BCUT2D eigenvalue weighted by atomic mass is 19.1. The van der Waals surface area contributed by atoms with Crippen LogP contribution in [0.3, 0.4) is 0 Å². The molecule has 0 bridgehead atoms. The highest BCUT2D eigenvalue weighted by Gasteiger charge is 2.36. The Bertz CT molecular complexity index is 1340. The molecule has 3 aromatic rings. The highest BCUT2D eigenvalue weighted by molar-refractivity contribution is 6.04. The largest absolute Gasteiger partial charge is 0.345 e. The minimum absolute atomic E-state index is 0.122. The summed E-state index contributed by atoms with van der Waals surface area (Å²) in [6, 6.07) is 10.5. The van der Waals surface area contributed by atoms with Crippen molar-refractivity contribution in [2.45, 2.75) is 58.9 Å². The Morgan fingerprint density at radius 2 is 1.85 bits per heavy atom. The van der Waals surface area contributed by atoms with Crippen LogP contribution in [0.2, 0.25) is 0 Å². The fraction of sp³-hybridized carbons (Fsp3) is 0.467. The Labute approximate surface area is 228 Å². The van der Waals surface area contributed by atoms with Gasteiger partial charge in [0.05, 0.1) is 29.5 Å². The van der Waals surface area contributed by atoms with Crippen LogP contribution < -0.4 is 5.32 Å². The molecule has 1 aromatic heterocycles. The van der Waals surface area contributed by atoms with Crippen LogP contribution in [0.5, 0.6) is 0 Å². The molecular formula is C30H37FN4O4. The number of carbonyl (C=O) groups is 3. The summed E-state index contributed by atoms with van der Waals surface area (Å²) in [6.45, 7) is 5.54. The van der Waals surface area contributed by atoms with Gasteiger partial charge in [-0.3, -0.25) is 19.6 Å². The number of hydrogen-bond donors (Lipinski definition) is 2. The number of carbonyl (C=O) groups excluding carboxylic acids is 3. The smallest absolute Gasteiger partial charge is 0.233 e. The van der Waals surface area contributed by atoms with Gasteiger partial charge in [-0.05, 0) is 60.2 Å². The van der Waals surface area contributed by atoms with Crippen molar-refractivity contribution in [3.05, 3.63) is 53.8 Å². The Hall–Kier alpha value is -3.59. The van der Waals surface area contributed by atoms with Crippen molar-refractivity contribution in [1.29, 1.82) is 0 Å². The third kappa shape index (κ3) is 6.53. The number of rotatable bonds is 10. The molecule has 0 radical (unpaired) electrons. The standard InChI is InChI=1S/C30H37FN4O4/c1-30(2,3)27(33-29(38)22(17-35(39)18-36)15-19-7-5-6-8-19)26(37)21-11-14-25-24(16-21)32-28(34(25)4)20-9-12-23(31)13-10-20/h9-14,16,18-19,22,27,39H,5-8,15,17H2,1-4H3,(H,33,38)/t22-,27-/m1/s1. The lowest BCUT2D eigenvalue weighted by molar-refractivity contribution is -0.155. The molecule has 4 rings (SSSR count).